The SMILES string of the molecule is Cc1cnc(C)c(-c2cccc3c2-c2ccccc2C32c3ccccc3Sc3cc(-c4nc(C)cc(C)n4)ccc32)c1. The molecule has 1 atom stereocenters. The smallest absolute Gasteiger partial charge is 0.159 e. The van der Waals surface area contributed by atoms with Crippen molar-refractivity contribution in [2.75, 3.05) is 0 Å². The average Bonchev–Trinajstić information content (AvgIpc) is 3.29. The Hall–Kier alpha value is -4.54. The molecule has 0 amide bonds. The van der Waals surface area contributed by atoms with Gasteiger partial charge in [0.15, 0.2) is 5.82 Å². The van der Waals surface area contributed by atoms with Crippen LogP contribution in [0.4, 0.5) is 0 Å². The number of rotatable bonds is 2. The van der Waals surface area contributed by atoms with Gasteiger partial charge >= 0.3 is 0 Å². The Morgan fingerprint density at radius 2 is 1.26 bits per heavy atom. The fraction of sp³-hybridized carbons (Fsp3) is 0.132. The normalized spacial score (nSPS) is 16.1. The highest BCUT2D eigenvalue weighted by molar-refractivity contribution is 7.99. The highest BCUT2D eigenvalue weighted by Crippen LogP contribution is 2.63. The van der Waals surface area contributed by atoms with Crippen LogP contribution < -0.4 is 0 Å². The van der Waals surface area contributed by atoms with E-state index in [4.69, 9.17) is 15.0 Å². The van der Waals surface area contributed by atoms with Gasteiger partial charge in [-0.25, -0.2) is 9.97 Å². The first-order valence-corrected chi connectivity index (χ1v) is 15.2. The minimum absolute atomic E-state index is 0.438. The van der Waals surface area contributed by atoms with Crippen molar-refractivity contribution in [3.8, 4) is 33.6 Å². The van der Waals surface area contributed by atoms with Gasteiger partial charge in [0.2, 0.25) is 0 Å². The van der Waals surface area contributed by atoms with Gasteiger partial charge in [-0.15, -0.1) is 0 Å². The quantitative estimate of drug-likeness (QED) is 0.212. The first-order chi connectivity index (χ1) is 20.4. The van der Waals surface area contributed by atoms with Crippen LogP contribution in [0.2, 0.25) is 0 Å². The van der Waals surface area contributed by atoms with Gasteiger partial charge in [-0.05, 0) is 96.5 Å². The summed E-state index contributed by atoms with van der Waals surface area (Å²) in [4.78, 5) is 16.9. The minimum atomic E-state index is -0.438. The summed E-state index contributed by atoms with van der Waals surface area (Å²) in [5.74, 6) is 0.778. The number of pyridine rings is 1. The van der Waals surface area contributed by atoms with Crippen molar-refractivity contribution < 1.29 is 0 Å². The largest absolute Gasteiger partial charge is 0.261 e. The molecule has 0 saturated carbocycles. The summed E-state index contributed by atoms with van der Waals surface area (Å²) in [7, 11) is 0. The summed E-state index contributed by atoms with van der Waals surface area (Å²) >= 11 is 1.85. The van der Waals surface area contributed by atoms with Crippen molar-refractivity contribution in [2.24, 2.45) is 0 Å². The van der Waals surface area contributed by atoms with Crippen LogP contribution in [0.15, 0.2) is 113 Å². The highest BCUT2D eigenvalue weighted by atomic mass is 32.2. The minimum Gasteiger partial charge on any atom is -0.261 e. The summed E-state index contributed by atoms with van der Waals surface area (Å²) in [6.07, 6.45) is 1.96. The molecule has 2 aromatic heterocycles. The molecule has 2 aliphatic rings. The maximum atomic E-state index is 4.79. The molecule has 4 heteroatoms. The van der Waals surface area contributed by atoms with Crippen LogP contribution in [0, 0.1) is 27.7 Å². The lowest BCUT2D eigenvalue weighted by Crippen LogP contribution is -2.32. The number of aryl methyl sites for hydroxylation is 4. The van der Waals surface area contributed by atoms with E-state index in [2.05, 4.69) is 105 Å². The second kappa shape index (κ2) is 9.23. The molecule has 3 nitrogen and oxygen atoms in total. The van der Waals surface area contributed by atoms with Crippen LogP contribution in [0.5, 0.6) is 0 Å². The standard InChI is InChI=1S/C38H29N3S/c1-22-18-29(25(4)39-21-22)27-11-9-14-33-36(27)28-10-5-6-12-30(28)38(33)31-13-7-8-15-34(31)42-35-20-26(16-17-32(35)38)37-40-23(2)19-24(3)41-37/h5-21H,1-4H3. The third-order valence-electron chi connectivity index (χ3n) is 8.72. The molecule has 1 spiro atoms. The van der Waals surface area contributed by atoms with Crippen molar-refractivity contribution in [2.45, 2.75) is 42.9 Å². The second-order valence-corrected chi connectivity index (χ2v) is 12.5. The van der Waals surface area contributed by atoms with E-state index in [1.165, 1.54) is 59.9 Å². The third-order valence-corrected chi connectivity index (χ3v) is 9.85. The molecule has 1 aliphatic carbocycles. The summed E-state index contributed by atoms with van der Waals surface area (Å²) in [6.45, 7) is 8.30. The molecule has 8 rings (SSSR count). The zero-order valence-electron chi connectivity index (χ0n) is 24.1. The molecule has 4 aromatic carbocycles. The molecule has 3 heterocycles. The van der Waals surface area contributed by atoms with Crippen LogP contribution in [0.3, 0.4) is 0 Å². The fourth-order valence-electron chi connectivity index (χ4n) is 7.08. The summed E-state index contributed by atoms with van der Waals surface area (Å²) in [6, 6.07) is 35.9. The third kappa shape index (κ3) is 3.51. The number of hydrogen-bond acceptors (Lipinski definition) is 4. The van der Waals surface area contributed by atoms with Crippen molar-refractivity contribution in [3.63, 3.8) is 0 Å². The van der Waals surface area contributed by atoms with Crippen molar-refractivity contribution in [1.82, 2.24) is 15.0 Å². The number of aromatic nitrogens is 3. The van der Waals surface area contributed by atoms with Crippen LogP contribution in [0.1, 0.15) is 44.9 Å². The van der Waals surface area contributed by atoms with Gasteiger partial charge in [0.25, 0.3) is 0 Å². The Bertz CT molecular complexity index is 2060. The maximum absolute atomic E-state index is 4.79. The maximum Gasteiger partial charge on any atom is 0.159 e. The van der Waals surface area contributed by atoms with E-state index < -0.39 is 5.41 Å². The van der Waals surface area contributed by atoms with Crippen LogP contribution >= 0.6 is 11.8 Å². The molecular weight excluding hydrogens is 531 g/mol. The highest BCUT2D eigenvalue weighted by Gasteiger charge is 2.50. The molecule has 1 unspecified atom stereocenters. The Labute approximate surface area is 250 Å². The Kier molecular flexibility index (Phi) is 5.54. The van der Waals surface area contributed by atoms with E-state index in [-0.39, 0.29) is 0 Å². The summed E-state index contributed by atoms with van der Waals surface area (Å²) < 4.78 is 0. The molecule has 0 saturated heterocycles. The van der Waals surface area contributed by atoms with E-state index in [1.54, 1.807) is 0 Å². The molecule has 42 heavy (non-hydrogen) atoms. The van der Waals surface area contributed by atoms with Gasteiger partial charge in [-0.3, -0.25) is 4.98 Å². The number of nitrogens with zero attached hydrogens (tertiary/aromatic N) is 3. The predicted octanol–water partition coefficient (Wildman–Crippen LogP) is 9.27. The molecule has 0 radical (unpaired) electrons. The van der Waals surface area contributed by atoms with E-state index in [9.17, 15) is 0 Å². The van der Waals surface area contributed by atoms with E-state index in [0.717, 1.165) is 28.5 Å². The Morgan fingerprint density at radius 1 is 0.571 bits per heavy atom. The number of hydrogen-bond donors (Lipinski definition) is 0. The topological polar surface area (TPSA) is 38.7 Å². The monoisotopic (exact) mass is 559 g/mol. The van der Waals surface area contributed by atoms with Gasteiger partial charge in [0.1, 0.15) is 0 Å². The Morgan fingerprint density at radius 3 is 2.10 bits per heavy atom. The second-order valence-electron chi connectivity index (χ2n) is 11.5. The fourth-order valence-corrected chi connectivity index (χ4v) is 8.31. The first-order valence-electron chi connectivity index (χ1n) is 14.4. The molecule has 0 fully saturated rings. The first kappa shape index (κ1) is 25.2. The van der Waals surface area contributed by atoms with E-state index in [1.807, 2.05) is 37.9 Å². The Balaban J connectivity index is 1.47. The van der Waals surface area contributed by atoms with E-state index in [0.29, 0.717) is 0 Å². The number of fused-ring (bicyclic) bond motifs is 9. The lowest BCUT2D eigenvalue weighted by molar-refractivity contribution is 0.722. The van der Waals surface area contributed by atoms with Crippen LogP contribution in [-0.2, 0) is 5.41 Å². The zero-order valence-corrected chi connectivity index (χ0v) is 24.9. The summed E-state index contributed by atoms with van der Waals surface area (Å²) in [5, 5.41) is 0. The lowest BCUT2D eigenvalue weighted by atomic mass is 9.67. The number of benzene rings is 4. The van der Waals surface area contributed by atoms with Gasteiger partial charge in [-0.1, -0.05) is 84.6 Å². The van der Waals surface area contributed by atoms with Crippen LogP contribution in [-0.4, -0.2) is 15.0 Å². The zero-order chi connectivity index (χ0) is 28.6. The van der Waals surface area contributed by atoms with Gasteiger partial charge in [-0.2, -0.15) is 0 Å². The molecule has 6 aromatic rings. The van der Waals surface area contributed by atoms with Gasteiger partial charge in [0.05, 0.1) is 5.41 Å². The van der Waals surface area contributed by atoms with Crippen molar-refractivity contribution in [1.29, 1.82) is 0 Å². The average molecular weight is 560 g/mol. The molecule has 202 valence electrons. The van der Waals surface area contributed by atoms with E-state index >= 15 is 0 Å². The van der Waals surface area contributed by atoms with Gasteiger partial charge in [0, 0.05) is 44.2 Å². The van der Waals surface area contributed by atoms with Crippen LogP contribution in [0.25, 0.3) is 33.6 Å². The summed E-state index contributed by atoms with van der Waals surface area (Å²) in [5.41, 5.74) is 15.1. The molecule has 0 bridgehead atoms. The van der Waals surface area contributed by atoms with Crippen molar-refractivity contribution in [3.05, 3.63) is 148 Å². The molecule has 0 N–H and O–H groups in total. The predicted molar refractivity (Wildman–Crippen MR) is 171 cm³/mol. The molecular formula is C38H29N3S. The van der Waals surface area contributed by atoms with Crippen molar-refractivity contribution >= 4 is 11.8 Å². The molecule has 1 aliphatic heterocycles. The lowest BCUT2D eigenvalue weighted by Gasteiger charge is -2.39. The van der Waals surface area contributed by atoms with Gasteiger partial charge < -0.3 is 0 Å².